The lowest BCUT2D eigenvalue weighted by atomic mass is 10.2. The smallest absolute Gasteiger partial charge is 0.230 e. The third-order valence-corrected chi connectivity index (χ3v) is 10.7. The second-order valence-corrected chi connectivity index (χ2v) is 12.0. The van der Waals surface area contributed by atoms with Crippen LogP contribution in [0.4, 0.5) is 0 Å². The van der Waals surface area contributed by atoms with E-state index in [9.17, 15) is 25.3 Å². The maximum absolute atomic E-state index is 13.3. The van der Waals surface area contributed by atoms with Gasteiger partial charge in [-0.15, -0.1) is 0 Å². The van der Waals surface area contributed by atoms with E-state index in [-0.39, 0.29) is 11.1 Å². The molecule has 160 valence electrons. The lowest BCUT2D eigenvalue weighted by Crippen LogP contribution is -2.36. The van der Waals surface area contributed by atoms with E-state index in [1.54, 1.807) is 0 Å². The van der Waals surface area contributed by atoms with E-state index in [4.69, 9.17) is 19.8 Å². The average molecular weight is 465 g/mol. The first-order valence-electron chi connectivity index (χ1n) is 7.86. The molecule has 13 heteroatoms. The second kappa shape index (κ2) is 8.28. The molecule has 2 unspecified atom stereocenters. The van der Waals surface area contributed by atoms with Gasteiger partial charge in [-0.2, -0.15) is 0 Å². The maximum atomic E-state index is 13.3. The fraction of sp³-hybridized carbons (Fsp3) is 0.250. The van der Waals surface area contributed by atoms with Crippen molar-refractivity contribution in [3.05, 3.63) is 59.7 Å². The van der Waals surface area contributed by atoms with Gasteiger partial charge in [-0.3, -0.25) is 0 Å². The molecular formula is C16H20N2O8S3. The van der Waals surface area contributed by atoms with Crippen LogP contribution in [0, 0.1) is 0 Å². The zero-order valence-corrected chi connectivity index (χ0v) is 17.9. The Labute approximate surface area is 169 Å². The van der Waals surface area contributed by atoms with E-state index < -0.39 is 39.0 Å². The molecule has 0 aliphatic carbocycles. The zero-order valence-electron chi connectivity index (χ0n) is 15.4. The van der Waals surface area contributed by atoms with E-state index in [2.05, 4.69) is 0 Å². The number of nitrogens with two attached hydrogens (primary N) is 2. The van der Waals surface area contributed by atoms with Crippen LogP contribution in [-0.4, -0.2) is 39.5 Å². The Morgan fingerprint density at radius 3 is 1.10 bits per heavy atom. The highest BCUT2D eigenvalue weighted by Crippen LogP contribution is 2.39. The van der Waals surface area contributed by atoms with Gasteiger partial charge in [0.05, 0.1) is 14.2 Å². The quantitative estimate of drug-likeness (QED) is 0.564. The van der Waals surface area contributed by atoms with Gasteiger partial charge in [-0.1, -0.05) is 24.3 Å². The van der Waals surface area contributed by atoms with Gasteiger partial charge >= 0.3 is 0 Å². The fourth-order valence-electron chi connectivity index (χ4n) is 2.77. The van der Waals surface area contributed by atoms with Gasteiger partial charge < -0.3 is 9.47 Å². The average Bonchev–Trinajstić information content (AvgIpc) is 2.60. The molecule has 0 aromatic heterocycles. The molecule has 0 fully saturated rings. The molecule has 2 rings (SSSR count). The summed E-state index contributed by atoms with van der Waals surface area (Å²) < 4.78 is 80.5. The van der Waals surface area contributed by atoms with Crippen molar-refractivity contribution in [2.24, 2.45) is 10.3 Å². The molecule has 0 saturated heterocycles. The summed E-state index contributed by atoms with van der Waals surface area (Å²) in [4.78, 5) is 0. The standard InChI is InChI=1S/C16H20N2O8S3/c1-25-13-7-3-11(4-8-13)15(28(17,21)22)27(19,20)16(29(18,23)24)12-5-9-14(26-2)10-6-12/h3-10,15-16H,1-2H3,(H2,17,21,22)(H2,18,23,24). The van der Waals surface area contributed by atoms with Gasteiger partial charge in [-0.25, -0.2) is 35.5 Å². The van der Waals surface area contributed by atoms with E-state index in [0.717, 1.165) is 0 Å². The monoisotopic (exact) mass is 464 g/mol. The number of hydrogen-bond donors (Lipinski definition) is 2. The van der Waals surface area contributed by atoms with Crippen LogP contribution in [0.15, 0.2) is 48.5 Å². The number of rotatable bonds is 8. The van der Waals surface area contributed by atoms with E-state index in [1.807, 2.05) is 0 Å². The van der Waals surface area contributed by atoms with Crippen LogP contribution >= 0.6 is 0 Å². The molecule has 10 nitrogen and oxygen atoms in total. The molecule has 0 aliphatic rings. The summed E-state index contributed by atoms with van der Waals surface area (Å²) >= 11 is 0. The van der Waals surface area contributed by atoms with Crippen LogP contribution in [-0.2, 0) is 29.9 Å². The number of sulfone groups is 1. The van der Waals surface area contributed by atoms with Crippen molar-refractivity contribution in [2.45, 2.75) is 9.16 Å². The first-order valence-corrected chi connectivity index (χ1v) is 12.7. The van der Waals surface area contributed by atoms with E-state index in [1.165, 1.54) is 62.8 Å². The number of benzene rings is 2. The van der Waals surface area contributed by atoms with Crippen LogP contribution in [0.2, 0.25) is 0 Å². The minimum absolute atomic E-state index is 0.254. The molecule has 0 spiro atoms. The molecule has 0 saturated carbocycles. The first-order chi connectivity index (χ1) is 13.3. The maximum Gasteiger partial charge on any atom is 0.230 e. The predicted molar refractivity (Wildman–Crippen MR) is 107 cm³/mol. The minimum Gasteiger partial charge on any atom is -0.497 e. The summed E-state index contributed by atoms with van der Waals surface area (Å²) in [6.45, 7) is 0. The Kier molecular flexibility index (Phi) is 6.59. The molecule has 0 amide bonds. The molecular weight excluding hydrogens is 444 g/mol. The summed E-state index contributed by atoms with van der Waals surface area (Å²) in [7, 11) is -11.9. The molecule has 2 aromatic rings. The zero-order chi connectivity index (χ0) is 22.0. The van der Waals surface area contributed by atoms with Crippen LogP contribution in [0.1, 0.15) is 20.3 Å². The van der Waals surface area contributed by atoms with E-state index in [0.29, 0.717) is 11.5 Å². The lowest BCUT2D eigenvalue weighted by molar-refractivity contribution is 0.414. The van der Waals surface area contributed by atoms with Gasteiger partial charge in [0.2, 0.25) is 29.2 Å². The Hall–Kier alpha value is -2.19. The number of sulfonamides is 2. The third kappa shape index (κ3) is 5.05. The molecule has 2 aromatic carbocycles. The van der Waals surface area contributed by atoms with Crippen molar-refractivity contribution in [2.75, 3.05) is 14.2 Å². The summed E-state index contributed by atoms with van der Waals surface area (Å²) in [6.07, 6.45) is 0. The number of ether oxygens (including phenoxy) is 2. The summed E-state index contributed by atoms with van der Waals surface area (Å²) in [5.74, 6) is 0.662. The van der Waals surface area contributed by atoms with Crippen molar-refractivity contribution in [3.63, 3.8) is 0 Å². The highest BCUT2D eigenvalue weighted by Gasteiger charge is 2.48. The largest absolute Gasteiger partial charge is 0.497 e. The van der Waals surface area contributed by atoms with Crippen molar-refractivity contribution >= 4 is 29.9 Å². The molecule has 0 heterocycles. The van der Waals surface area contributed by atoms with Crippen molar-refractivity contribution in [1.82, 2.24) is 0 Å². The van der Waals surface area contributed by atoms with Crippen LogP contribution < -0.4 is 19.8 Å². The molecule has 0 bridgehead atoms. The van der Waals surface area contributed by atoms with Gasteiger partial charge in [0, 0.05) is 0 Å². The minimum atomic E-state index is -5.03. The highest BCUT2D eigenvalue weighted by atomic mass is 32.3. The fourth-order valence-corrected chi connectivity index (χ4v) is 9.01. The summed E-state index contributed by atoms with van der Waals surface area (Å²) in [5, 5.41) is 10.4. The number of hydrogen-bond acceptors (Lipinski definition) is 8. The Morgan fingerprint density at radius 1 is 0.621 bits per heavy atom. The third-order valence-electron chi connectivity index (χ3n) is 3.97. The second-order valence-electron chi connectivity index (χ2n) is 5.98. The van der Waals surface area contributed by atoms with Crippen molar-refractivity contribution < 1.29 is 34.7 Å². The number of methoxy groups -OCH3 is 2. The SMILES string of the molecule is COc1ccc(C(S(N)(=O)=O)S(=O)(=O)C(c2ccc(OC)cc2)S(N)(=O)=O)cc1. The lowest BCUT2D eigenvalue weighted by Gasteiger charge is -2.22. The van der Waals surface area contributed by atoms with Gasteiger partial charge in [0.25, 0.3) is 0 Å². The number of primary sulfonamides is 2. The molecule has 0 radical (unpaired) electrons. The normalized spacial score (nSPS) is 14.8. The Morgan fingerprint density at radius 2 is 0.897 bits per heavy atom. The summed E-state index contributed by atoms with van der Waals surface area (Å²) in [6, 6.07) is 9.95. The van der Waals surface area contributed by atoms with Gasteiger partial charge in [0.1, 0.15) is 11.5 Å². The van der Waals surface area contributed by atoms with Gasteiger partial charge in [-0.05, 0) is 35.4 Å². The van der Waals surface area contributed by atoms with Crippen molar-refractivity contribution in [3.8, 4) is 11.5 Å². The Bertz CT molecular complexity index is 1080. The molecule has 0 aliphatic heterocycles. The topological polar surface area (TPSA) is 173 Å². The highest BCUT2D eigenvalue weighted by molar-refractivity contribution is 8.14. The molecule has 2 atom stereocenters. The first kappa shape index (κ1) is 23.1. The van der Waals surface area contributed by atoms with Crippen LogP contribution in [0.3, 0.4) is 0 Å². The van der Waals surface area contributed by atoms with E-state index >= 15 is 0 Å². The summed E-state index contributed by atoms with van der Waals surface area (Å²) in [5.41, 5.74) is -0.508. The Balaban J connectivity index is 2.73. The van der Waals surface area contributed by atoms with Crippen LogP contribution in [0.25, 0.3) is 0 Å². The predicted octanol–water partition coefficient (Wildman–Crippen LogP) is 0.393. The van der Waals surface area contributed by atoms with Crippen LogP contribution in [0.5, 0.6) is 11.5 Å². The van der Waals surface area contributed by atoms with Crippen molar-refractivity contribution in [1.29, 1.82) is 0 Å². The molecule has 29 heavy (non-hydrogen) atoms. The molecule has 4 N–H and O–H groups in total. The van der Waals surface area contributed by atoms with Gasteiger partial charge in [0.15, 0.2) is 9.84 Å².